The monoisotopic (exact) mass is 379 g/mol. The van der Waals surface area contributed by atoms with Crippen LogP contribution >= 0.6 is 0 Å². The summed E-state index contributed by atoms with van der Waals surface area (Å²) >= 11 is 0. The number of aromatic nitrogens is 1. The molecule has 2 N–H and O–H groups in total. The van der Waals surface area contributed by atoms with Crippen molar-refractivity contribution >= 4 is 34.4 Å². The van der Waals surface area contributed by atoms with Crippen molar-refractivity contribution in [2.75, 3.05) is 5.32 Å². The normalized spacial score (nSPS) is 24.5. The van der Waals surface area contributed by atoms with Crippen LogP contribution in [0.1, 0.15) is 25.7 Å². The molecule has 4 rings (SSSR count). The van der Waals surface area contributed by atoms with Crippen LogP contribution in [0, 0.1) is 5.92 Å². The van der Waals surface area contributed by atoms with Gasteiger partial charge in [-0.1, -0.05) is 36.4 Å². The van der Waals surface area contributed by atoms with Crippen molar-refractivity contribution in [2.45, 2.75) is 37.8 Å². The van der Waals surface area contributed by atoms with Gasteiger partial charge in [-0.2, -0.15) is 0 Å². The van der Waals surface area contributed by atoms with Crippen molar-refractivity contribution in [2.24, 2.45) is 5.92 Å². The van der Waals surface area contributed by atoms with Gasteiger partial charge in [-0.3, -0.25) is 9.59 Å². The number of fused-ring (bicyclic) bond motifs is 2. The molecule has 2 aliphatic heterocycles. The third kappa shape index (κ3) is 3.24. The maximum Gasteiger partial charge on any atom is 0.326 e. The highest BCUT2D eigenvalue weighted by Crippen LogP contribution is 2.31. The van der Waals surface area contributed by atoms with Crippen molar-refractivity contribution < 1.29 is 19.5 Å². The molecule has 28 heavy (non-hydrogen) atoms. The Labute approximate surface area is 162 Å². The molecule has 2 amide bonds. The molecule has 1 fully saturated rings. The Hall–Kier alpha value is -3.22. The molecule has 3 heterocycles. The number of carboxylic acids is 1. The van der Waals surface area contributed by atoms with E-state index >= 15 is 0 Å². The van der Waals surface area contributed by atoms with Gasteiger partial charge < -0.3 is 15.3 Å². The van der Waals surface area contributed by atoms with Crippen molar-refractivity contribution in [3.05, 3.63) is 48.7 Å². The number of benzene rings is 1. The Morgan fingerprint density at radius 1 is 1.11 bits per heavy atom. The highest BCUT2D eigenvalue weighted by molar-refractivity contribution is 6.09. The molecule has 3 atom stereocenters. The second-order valence-corrected chi connectivity index (χ2v) is 7.20. The Bertz CT molecular complexity index is 966. The molecule has 1 aromatic carbocycles. The third-order valence-electron chi connectivity index (χ3n) is 5.52. The average molecular weight is 379 g/mol. The van der Waals surface area contributed by atoms with Crippen LogP contribution in [-0.2, 0) is 14.4 Å². The van der Waals surface area contributed by atoms with Crippen LogP contribution in [0.15, 0.2) is 48.7 Å². The number of amides is 2. The maximum absolute atomic E-state index is 13.1. The summed E-state index contributed by atoms with van der Waals surface area (Å²) in [4.78, 5) is 43.4. The van der Waals surface area contributed by atoms with Gasteiger partial charge in [0.05, 0.1) is 0 Å². The number of pyridine rings is 1. The van der Waals surface area contributed by atoms with E-state index in [4.69, 9.17) is 0 Å². The second kappa shape index (κ2) is 7.42. The number of hydrogen-bond donors (Lipinski definition) is 2. The fraction of sp³-hybridized carbons (Fsp3) is 0.333. The summed E-state index contributed by atoms with van der Waals surface area (Å²) in [5.41, 5.74) is 0. The van der Waals surface area contributed by atoms with E-state index in [1.54, 1.807) is 6.20 Å². The lowest BCUT2D eigenvalue weighted by atomic mass is 9.97. The first-order valence-electron chi connectivity index (χ1n) is 9.41. The Kier molecular flexibility index (Phi) is 4.81. The predicted octanol–water partition coefficient (Wildman–Crippen LogP) is 2.58. The summed E-state index contributed by atoms with van der Waals surface area (Å²) < 4.78 is 0. The number of carbonyl (C=O) groups is 3. The minimum absolute atomic E-state index is 0.170. The molecule has 144 valence electrons. The van der Waals surface area contributed by atoms with Gasteiger partial charge in [0.1, 0.15) is 17.8 Å². The first-order valence-corrected chi connectivity index (χ1v) is 9.41. The molecule has 2 aliphatic rings. The number of nitrogens with one attached hydrogen (secondary N) is 1. The fourth-order valence-corrected chi connectivity index (χ4v) is 4.10. The van der Waals surface area contributed by atoms with Gasteiger partial charge in [0.25, 0.3) is 0 Å². The zero-order valence-electron chi connectivity index (χ0n) is 15.2. The number of carboxylic acid groups (broad SMARTS) is 1. The molecule has 0 radical (unpaired) electrons. The van der Waals surface area contributed by atoms with Gasteiger partial charge in [-0.05, 0) is 37.1 Å². The van der Waals surface area contributed by atoms with Gasteiger partial charge in [-0.25, -0.2) is 9.78 Å². The molecular weight excluding hydrogens is 358 g/mol. The minimum atomic E-state index is -1.02. The maximum atomic E-state index is 13.1. The van der Waals surface area contributed by atoms with E-state index in [1.165, 1.54) is 4.90 Å². The number of nitrogens with zero attached hydrogens (tertiary/aromatic N) is 2. The van der Waals surface area contributed by atoms with E-state index in [-0.39, 0.29) is 12.5 Å². The molecule has 0 spiro atoms. The highest BCUT2D eigenvalue weighted by atomic mass is 16.4. The van der Waals surface area contributed by atoms with Crippen molar-refractivity contribution in [1.82, 2.24) is 9.88 Å². The molecule has 1 aromatic heterocycles. The predicted molar refractivity (Wildman–Crippen MR) is 104 cm³/mol. The van der Waals surface area contributed by atoms with E-state index in [9.17, 15) is 19.5 Å². The van der Waals surface area contributed by atoms with Gasteiger partial charge in [0.2, 0.25) is 11.8 Å². The third-order valence-corrected chi connectivity index (χ3v) is 5.52. The number of aliphatic carboxylic acids is 1. The first-order chi connectivity index (χ1) is 13.6. The number of hydrogen-bond acceptors (Lipinski definition) is 4. The molecule has 0 aliphatic carbocycles. The largest absolute Gasteiger partial charge is 0.480 e. The lowest BCUT2D eigenvalue weighted by molar-refractivity contribution is -0.153. The summed E-state index contributed by atoms with van der Waals surface area (Å²) in [6.45, 7) is 0. The van der Waals surface area contributed by atoms with Gasteiger partial charge >= 0.3 is 5.97 Å². The summed E-state index contributed by atoms with van der Waals surface area (Å²) in [6, 6.07) is 8.34. The summed E-state index contributed by atoms with van der Waals surface area (Å²) in [5, 5.41) is 14.0. The Balaban J connectivity index is 1.62. The molecular formula is C21H21N3O4. The number of anilines is 1. The standard InChI is InChI=1S/C21H21N3O4/c25-19(23-18-15-7-3-1-5-13(15)11-12-22-18)16-8-4-2-6-14-9-10-17(21(27)28)24(14)20(16)26/h1-5,7,11-12,14,16-17H,6,8-10H2,(H,27,28)(H,22,23,25). The van der Waals surface area contributed by atoms with Crippen LogP contribution < -0.4 is 5.32 Å². The minimum Gasteiger partial charge on any atom is -0.480 e. The number of carbonyl (C=O) groups excluding carboxylic acids is 2. The zero-order valence-corrected chi connectivity index (χ0v) is 15.2. The van der Waals surface area contributed by atoms with E-state index in [0.717, 1.165) is 10.8 Å². The van der Waals surface area contributed by atoms with Crippen LogP contribution in [-0.4, -0.2) is 44.9 Å². The first kappa shape index (κ1) is 18.2. The molecule has 0 saturated carbocycles. The van der Waals surface area contributed by atoms with Gasteiger partial charge in [0.15, 0.2) is 0 Å². The summed E-state index contributed by atoms with van der Waals surface area (Å²) in [5.74, 6) is -2.48. The highest BCUT2D eigenvalue weighted by Gasteiger charge is 2.44. The van der Waals surface area contributed by atoms with Crippen LogP contribution in [0.2, 0.25) is 0 Å². The molecule has 1 saturated heterocycles. The molecule has 3 unspecified atom stereocenters. The van der Waals surface area contributed by atoms with E-state index in [0.29, 0.717) is 25.1 Å². The quantitative estimate of drug-likeness (QED) is 0.631. The SMILES string of the molecule is O=C(Nc1nccc2ccccc12)C1CC=CCC2CCC(C(=O)O)N2C1=O. The van der Waals surface area contributed by atoms with Crippen LogP contribution in [0.5, 0.6) is 0 Å². The average Bonchev–Trinajstić information content (AvgIpc) is 3.10. The second-order valence-electron chi connectivity index (χ2n) is 7.20. The molecule has 0 bridgehead atoms. The number of rotatable bonds is 3. The summed E-state index contributed by atoms with van der Waals surface area (Å²) in [7, 11) is 0. The van der Waals surface area contributed by atoms with Crippen molar-refractivity contribution in [3.8, 4) is 0 Å². The van der Waals surface area contributed by atoms with Crippen LogP contribution in [0.4, 0.5) is 5.82 Å². The van der Waals surface area contributed by atoms with E-state index < -0.39 is 29.7 Å². The fourth-order valence-electron chi connectivity index (χ4n) is 4.10. The van der Waals surface area contributed by atoms with E-state index in [1.807, 2.05) is 42.5 Å². The smallest absolute Gasteiger partial charge is 0.326 e. The lowest BCUT2D eigenvalue weighted by Gasteiger charge is -2.32. The molecule has 7 heteroatoms. The zero-order chi connectivity index (χ0) is 19.7. The van der Waals surface area contributed by atoms with Crippen molar-refractivity contribution in [1.29, 1.82) is 0 Å². The van der Waals surface area contributed by atoms with E-state index in [2.05, 4.69) is 10.3 Å². The molecule has 7 nitrogen and oxygen atoms in total. The van der Waals surface area contributed by atoms with Gasteiger partial charge in [0, 0.05) is 17.6 Å². The van der Waals surface area contributed by atoms with Crippen molar-refractivity contribution in [3.63, 3.8) is 0 Å². The van der Waals surface area contributed by atoms with Crippen LogP contribution in [0.3, 0.4) is 0 Å². The summed E-state index contributed by atoms with van der Waals surface area (Å²) in [6.07, 6.45) is 7.29. The number of allylic oxidation sites excluding steroid dienone is 1. The Morgan fingerprint density at radius 2 is 1.89 bits per heavy atom. The van der Waals surface area contributed by atoms with Gasteiger partial charge in [-0.15, -0.1) is 0 Å². The lowest BCUT2D eigenvalue weighted by Crippen LogP contribution is -2.50. The van der Waals surface area contributed by atoms with Crippen LogP contribution in [0.25, 0.3) is 10.8 Å². The molecule has 2 aromatic rings. The Morgan fingerprint density at radius 3 is 2.71 bits per heavy atom. The topological polar surface area (TPSA) is 99.6 Å².